The van der Waals surface area contributed by atoms with E-state index in [9.17, 15) is 18.3 Å². The average Bonchev–Trinajstić information content (AvgIpc) is 2.96. The summed E-state index contributed by atoms with van der Waals surface area (Å²) in [5, 5.41) is 12.9. The molecule has 2 aromatic rings. The van der Waals surface area contributed by atoms with Crippen LogP contribution < -0.4 is 5.32 Å². The number of carbonyl (C=O) groups is 1. The number of likely N-dealkylation sites (N-methyl/N-ethyl adjacent to an activating group) is 1. The number of pyridine rings is 1. The minimum atomic E-state index is -3.95. The first-order valence-electron chi connectivity index (χ1n) is 6.72. The Morgan fingerprint density at radius 2 is 2.21 bits per heavy atom. The first-order valence-corrected chi connectivity index (χ1v) is 9.36. The van der Waals surface area contributed by atoms with Gasteiger partial charge in [0.2, 0.25) is 0 Å². The second kappa shape index (κ2) is 6.08. The van der Waals surface area contributed by atoms with Crippen LogP contribution in [0.1, 0.15) is 10.6 Å². The molecule has 24 heavy (non-hydrogen) atoms. The van der Waals surface area contributed by atoms with Gasteiger partial charge in [0.1, 0.15) is 4.90 Å². The molecule has 126 valence electrons. The van der Waals surface area contributed by atoms with Crippen LogP contribution in [0.4, 0.5) is 0 Å². The number of aliphatic hydroxyl groups excluding tert-OH is 1. The fourth-order valence-corrected chi connectivity index (χ4v) is 5.18. The molecule has 0 bridgehead atoms. The maximum absolute atomic E-state index is 12.5. The van der Waals surface area contributed by atoms with Gasteiger partial charge in [-0.2, -0.15) is 0 Å². The number of amides is 1. The van der Waals surface area contributed by atoms with Gasteiger partial charge in [-0.1, -0.05) is 17.7 Å². The lowest BCUT2D eigenvalue weighted by Crippen LogP contribution is -2.39. The van der Waals surface area contributed by atoms with Crippen LogP contribution in [0.3, 0.4) is 0 Å². The Morgan fingerprint density at radius 1 is 1.46 bits per heavy atom. The largest absolute Gasteiger partial charge is 0.504 e. The highest BCUT2D eigenvalue weighted by Gasteiger charge is 2.39. The van der Waals surface area contributed by atoms with E-state index in [0.29, 0.717) is 5.69 Å². The van der Waals surface area contributed by atoms with Gasteiger partial charge in [-0.05, 0) is 18.2 Å². The van der Waals surface area contributed by atoms with E-state index in [4.69, 9.17) is 11.6 Å². The van der Waals surface area contributed by atoms with Gasteiger partial charge >= 0.3 is 0 Å². The summed E-state index contributed by atoms with van der Waals surface area (Å²) >= 11 is 6.75. The quantitative estimate of drug-likeness (QED) is 0.841. The van der Waals surface area contributed by atoms with Crippen LogP contribution in [-0.4, -0.2) is 35.8 Å². The van der Waals surface area contributed by atoms with E-state index in [1.807, 2.05) is 0 Å². The maximum atomic E-state index is 12.5. The minimum absolute atomic E-state index is 0.0566. The number of nitrogens with one attached hydrogen (secondary N) is 1. The van der Waals surface area contributed by atoms with E-state index >= 15 is 0 Å². The van der Waals surface area contributed by atoms with Gasteiger partial charge < -0.3 is 10.4 Å². The second-order valence-corrected chi connectivity index (χ2v) is 8.54. The molecule has 7 nitrogen and oxygen atoms in total. The third-order valence-electron chi connectivity index (χ3n) is 3.43. The van der Waals surface area contributed by atoms with E-state index in [1.54, 1.807) is 24.4 Å². The highest BCUT2D eigenvalue weighted by atomic mass is 35.5. The monoisotopic (exact) mass is 385 g/mol. The summed E-state index contributed by atoms with van der Waals surface area (Å²) in [5.41, 5.74) is 0.254. The fourth-order valence-electron chi connectivity index (χ4n) is 2.23. The van der Waals surface area contributed by atoms with Gasteiger partial charge in [-0.3, -0.25) is 14.1 Å². The molecule has 1 amide bonds. The first kappa shape index (κ1) is 16.7. The van der Waals surface area contributed by atoms with Gasteiger partial charge in [0.25, 0.3) is 15.9 Å². The summed E-state index contributed by atoms with van der Waals surface area (Å²) in [6, 6.07) is 6.48. The number of fused-ring (bicyclic) bond motifs is 1. The average molecular weight is 386 g/mol. The number of nitrogens with zero attached hydrogens (tertiary/aromatic N) is 2. The normalized spacial score (nSPS) is 16.0. The second-order valence-electron chi connectivity index (χ2n) is 4.92. The molecule has 2 N–H and O–H groups in total. The Bertz CT molecular complexity index is 938. The van der Waals surface area contributed by atoms with Crippen LogP contribution in [-0.2, 0) is 21.4 Å². The van der Waals surface area contributed by atoms with Crippen molar-refractivity contribution in [3.05, 3.63) is 51.1 Å². The van der Waals surface area contributed by atoms with Crippen molar-refractivity contribution in [2.45, 2.75) is 11.4 Å². The van der Waals surface area contributed by atoms with E-state index in [1.165, 1.54) is 13.1 Å². The predicted octanol–water partition coefficient (Wildman–Crippen LogP) is 1.97. The molecule has 10 heteroatoms. The SMILES string of the molecule is CN1C(C(=O)NCc2ccccn2)=C(O)c2sc(Cl)cc2S1(=O)=O. The van der Waals surface area contributed by atoms with Gasteiger partial charge in [0.05, 0.1) is 21.5 Å². The van der Waals surface area contributed by atoms with Crippen molar-refractivity contribution in [3.63, 3.8) is 0 Å². The van der Waals surface area contributed by atoms with E-state index in [2.05, 4.69) is 10.3 Å². The van der Waals surface area contributed by atoms with Crippen molar-refractivity contribution >= 4 is 44.6 Å². The van der Waals surface area contributed by atoms with Crippen LogP contribution in [0, 0.1) is 0 Å². The molecule has 1 aliphatic heterocycles. The maximum Gasteiger partial charge on any atom is 0.272 e. The number of hydrogen-bond donors (Lipinski definition) is 2. The molecule has 3 heterocycles. The zero-order valence-electron chi connectivity index (χ0n) is 12.4. The Balaban J connectivity index is 1.95. The molecule has 3 rings (SSSR count). The molecule has 0 aromatic carbocycles. The molecule has 0 saturated heterocycles. The number of thiophene rings is 1. The number of sulfonamides is 1. The number of carbonyl (C=O) groups excluding carboxylic acids is 1. The first-order chi connectivity index (χ1) is 11.3. The molecule has 0 unspecified atom stereocenters. The Hall–Kier alpha value is -2.10. The molecule has 0 fully saturated rings. The van der Waals surface area contributed by atoms with E-state index < -0.39 is 21.7 Å². The van der Waals surface area contributed by atoms with E-state index in [-0.39, 0.29) is 26.4 Å². The van der Waals surface area contributed by atoms with Gasteiger partial charge in [0.15, 0.2) is 11.5 Å². The standard InChI is InChI=1S/C14H12ClN3O4S2/c1-18-11(14(20)17-7-8-4-2-3-5-16-8)12(19)13-9(24(18,21)22)6-10(15)23-13/h2-6,19H,7H2,1H3,(H,17,20). The summed E-state index contributed by atoms with van der Waals surface area (Å²) in [5.74, 6) is -1.14. The van der Waals surface area contributed by atoms with Gasteiger partial charge in [-0.15, -0.1) is 11.3 Å². The summed E-state index contributed by atoms with van der Waals surface area (Å²) < 4.78 is 25.9. The van der Waals surface area contributed by atoms with Crippen LogP contribution in [0.5, 0.6) is 0 Å². The molecule has 0 saturated carbocycles. The lowest BCUT2D eigenvalue weighted by molar-refractivity contribution is -0.118. The van der Waals surface area contributed by atoms with Crippen molar-refractivity contribution in [1.29, 1.82) is 0 Å². The minimum Gasteiger partial charge on any atom is -0.504 e. The van der Waals surface area contributed by atoms with Crippen LogP contribution >= 0.6 is 22.9 Å². The highest BCUT2D eigenvalue weighted by Crippen LogP contribution is 2.41. The molecule has 0 aliphatic carbocycles. The summed E-state index contributed by atoms with van der Waals surface area (Å²) in [7, 11) is -2.74. The fraction of sp³-hybridized carbons (Fsp3) is 0.143. The van der Waals surface area contributed by atoms with Crippen molar-refractivity contribution in [2.75, 3.05) is 7.05 Å². The Labute approximate surface area is 147 Å². The lowest BCUT2D eigenvalue weighted by Gasteiger charge is -2.26. The summed E-state index contributed by atoms with van der Waals surface area (Å²) in [6.07, 6.45) is 1.58. The third kappa shape index (κ3) is 2.74. The topological polar surface area (TPSA) is 99.6 Å². The van der Waals surface area contributed by atoms with Gasteiger partial charge in [-0.25, -0.2) is 8.42 Å². The van der Waals surface area contributed by atoms with Crippen molar-refractivity contribution < 1.29 is 18.3 Å². The zero-order chi connectivity index (χ0) is 17.5. The molecular formula is C14H12ClN3O4S2. The molecule has 1 aliphatic rings. The van der Waals surface area contributed by atoms with Crippen molar-refractivity contribution in [1.82, 2.24) is 14.6 Å². The Morgan fingerprint density at radius 3 is 2.88 bits per heavy atom. The molecule has 0 radical (unpaired) electrons. The number of aliphatic hydroxyl groups is 1. The number of halogens is 1. The van der Waals surface area contributed by atoms with Crippen molar-refractivity contribution in [2.24, 2.45) is 0 Å². The van der Waals surface area contributed by atoms with Crippen LogP contribution in [0.25, 0.3) is 5.76 Å². The molecular weight excluding hydrogens is 374 g/mol. The highest BCUT2D eigenvalue weighted by molar-refractivity contribution is 7.89. The molecule has 0 spiro atoms. The zero-order valence-corrected chi connectivity index (χ0v) is 14.7. The third-order valence-corrected chi connectivity index (χ3v) is 6.61. The number of hydrogen-bond acceptors (Lipinski definition) is 6. The molecule has 0 atom stereocenters. The van der Waals surface area contributed by atoms with Crippen molar-refractivity contribution in [3.8, 4) is 0 Å². The van der Waals surface area contributed by atoms with E-state index in [0.717, 1.165) is 15.6 Å². The smallest absolute Gasteiger partial charge is 0.272 e. The van der Waals surface area contributed by atoms with Crippen LogP contribution in [0.15, 0.2) is 41.1 Å². The van der Waals surface area contributed by atoms with Crippen LogP contribution in [0.2, 0.25) is 4.34 Å². The predicted molar refractivity (Wildman–Crippen MR) is 89.9 cm³/mol. The number of aromatic nitrogens is 1. The Kier molecular flexibility index (Phi) is 4.24. The summed E-state index contributed by atoms with van der Waals surface area (Å²) in [6.45, 7) is 0.0996. The lowest BCUT2D eigenvalue weighted by atomic mass is 10.2. The number of rotatable bonds is 3. The molecule has 2 aromatic heterocycles. The summed E-state index contributed by atoms with van der Waals surface area (Å²) in [4.78, 5) is 16.4. The van der Waals surface area contributed by atoms with Gasteiger partial charge in [0, 0.05) is 13.2 Å².